The highest BCUT2D eigenvalue weighted by Crippen LogP contribution is 2.19. The standard InChI is InChI=1S/C19H18BrFN8O/c1-12-17(20)13(2)29(24-12)11-27-7-6-16(25-27)18(30)23-19-22-10-28(26-19)9-14-4-3-5-15(21)8-14/h3-8,10H,9,11H2,1-2H3,(H,23,26,30). The van der Waals surface area contributed by atoms with Crippen LogP contribution in [0, 0.1) is 19.7 Å². The minimum Gasteiger partial charge on any atom is -0.288 e. The zero-order valence-corrected chi connectivity index (χ0v) is 17.8. The molecule has 0 radical (unpaired) electrons. The topological polar surface area (TPSA) is 95.5 Å². The van der Waals surface area contributed by atoms with Crippen LogP contribution in [-0.2, 0) is 13.2 Å². The summed E-state index contributed by atoms with van der Waals surface area (Å²) in [6.07, 6.45) is 3.18. The Balaban J connectivity index is 1.40. The Morgan fingerprint density at radius 3 is 2.73 bits per heavy atom. The molecule has 0 unspecified atom stereocenters. The van der Waals surface area contributed by atoms with Crippen molar-refractivity contribution in [3.05, 3.63) is 75.8 Å². The molecule has 4 rings (SSSR count). The molecule has 1 amide bonds. The highest BCUT2D eigenvalue weighted by atomic mass is 79.9. The lowest BCUT2D eigenvalue weighted by atomic mass is 10.2. The van der Waals surface area contributed by atoms with E-state index in [-0.39, 0.29) is 17.5 Å². The predicted octanol–water partition coefficient (Wildman–Crippen LogP) is 3.00. The van der Waals surface area contributed by atoms with Gasteiger partial charge < -0.3 is 0 Å². The van der Waals surface area contributed by atoms with Crippen LogP contribution in [0.1, 0.15) is 27.4 Å². The zero-order valence-electron chi connectivity index (χ0n) is 16.3. The van der Waals surface area contributed by atoms with E-state index >= 15 is 0 Å². The molecule has 0 fully saturated rings. The molecule has 3 heterocycles. The predicted molar refractivity (Wildman–Crippen MR) is 111 cm³/mol. The van der Waals surface area contributed by atoms with Gasteiger partial charge in [0.2, 0.25) is 5.95 Å². The number of halogens is 2. The van der Waals surface area contributed by atoms with E-state index in [9.17, 15) is 9.18 Å². The van der Waals surface area contributed by atoms with Crippen molar-refractivity contribution in [1.29, 1.82) is 0 Å². The van der Waals surface area contributed by atoms with Crippen LogP contribution < -0.4 is 5.32 Å². The van der Waals surface area contributed by atoms with Gasteiger partial charge in [0, 0.05) is 6.20 Å². The Kier molecular flexibility index (Phi) is 5.44. The first-order chi connectivity index (χ1) is 14.4. The number of aryl methyl sites for hydroxylation is 1. The Morgan fingerprint density at radius 2 is 2.00 bits per heavy atom. The lowest BCUT2D eigenvalue weighted by Crippen LogP contribution is -2.16. The molecular weight excluding hydrogens is 455 g/mol. The van der Waals surface area contributed by atoms with Crippen LogP contribution in [0.4, 0.5) is 10.3 Å². The first-order valence-corrected chi connectivity index (χ1v) is 9.86. The highest BCUT2D eigenvalue weighted by molar-refractivity contribution is 9.10. The van der Waals surface area contributed by atoms with E-state index in [0.717, 1.165) is 21.4 Å². The van der Waals surface area contributed by atoms with E-state index in [1.807, 2.05) is 13.8 Å². The van der Waals surface area contributed by atoms with Crippen molar-refractivity contribution in [3.8, 4) is 0 Å². The lowest BCUT2D eigenvalue weighted by molar-refractivity contribution is 0.102. The van der Waals surface area contributed by atoms with E-state index in [2.05, 4.69) is 41.5 Å². The second-order valence-electron chi connectivity index (χ2n) is 6.72. The van der Waals surface area contributed by atoms with Crippen molar-refractivity contribution in [3.63, 3.8) is 0 Å². The van der Waals surface area contributed by atoms with Crippen LogP contribution in [0.5, 0.6) is 0 Å². The molecule has 4 aromatic rings. The molecule has 0 atom stereocenters. The Hall–Kier alpha value is -3.34. The fraction of sp³-hybridized carbons (Fsp3) is 0.211. The molecule has 0 saturated heterocycles. The van der Waals surface area contributed by atoms with Crippen LogP contribution in [-0.4, -0.2) is 40.2 Å². The molecule has 0 aliphatic rings. The van der Waals surface area contributed by atoms with Gasteiger partial charge in [-0.15, -0.1) is 5.10 Å². The average Bonchev–Trinajstić information content (AvgIpc) is 3.40. The number of nitrogens with zero attached hydrogens (tertiary/aromatic N) is 7. The van der Waals surface area contributed by atoms with E-state index < -0.39 is 5.91 Å². The van der Waals surface area contributed by atoms with Gasteiger partial charge in [0.15, 0.2) is 5.69 Å². The van der Waals surface area contributed by atoms with Crippen molar-refractivity contribution in [1.82, 2.24) is 34.3 Å². The third-order valence-electron chi connectivity index (χ3n) is 4.44. The summed E-state index contributed by atoms with van der Waals surface area (Å²) in [5.74, 6) is -0.593. The van der Waals surface area contributed by atoms with Crippen molar-refractivity contribution in [2.45, 2.75) is 27.1 Å². The fourth-order valence-corrected chi connectivity index (χ4v) is 3.21. The normalized spacial score (nSPS) is 11.1. The summed E-state index contributed by atoms with van der Waals surface area (Å²) < 4.78 is 19.2. The maximum absolute atomic E-state index is 13.3. The first-order valence-electron chi connectivity index (χ1n) is 9.07. The van der Waals surface area contributed by atoms with Gasteiger partial charge >= 0.3 is 0 Å². The number of benzene rings is 1. The molecule has 3 aromatic heterocycles. The average molecular weight is 473 g/mol. The zero-order chi connectivity index (χ0) is 21.3. The van der Waals surface area contributed by atoms with E-state index in [0.29, 0.717) is 13.2 Å². The number of hydrogen-bond acceptors (Lipinski definition) is 5. The number of aromatic nitrogens is 7. The molecular formula is C19H18BrFN8O. The number of nitrogens with one attached hydrogen (secondary N) is 1. The SMILES string of the molecule is Cc1nn(Cn2ccc(C(=O)Nc3ncn(Cc4cccc(F)c4)n3)n2)c(C)c1Br. The van der Waals surface area contributed by atoms with Gasteiger partial charge in [-0.1, -0.05) is 12.1 Å². The van der Waals surface area contributed by atoms with Gasteiger partial charge in [-0.25, -0.2) is 18.7 Å². The van der Waals surface area contributed by atoms with E-state index in [1.165, 1.54) is 23.1 Å². The summed E-state index contributed by atoms with van der Waals surface area (Å²) in [5.41, 5.74) is 2.84. The Bertz CT molecular complexity index is 1210. The molecule has 1 aromatic carbocycles. The van der Waals surface area contributed by atoms with Gasteiger partial charge in [0.05, 0.1) is 22.4 Å². The van der Waals surface area contributed by atoms with Gasteiger partial charge in [-0.05, 0) is 53.5 Å². The molecule has 9 nitrogen and oxygen atoms in total. The fourth-order valence-electron chi connectivity index (χ4n) is 2.93. The second-order valence-corrected chi connectivity index (χ2v) is 7.51. The van der Waals surface area contributed by atoms with Crippen molar-refractivity contribution >= 4 is 27.8 Å². The van der Waals surface area contributed by atoms with Crippen LogP contribution in [0.2, 0.25) is 0 Å². The molecule has 0 aliphatic carbocycles. The second kappa shape index (κ2) is 8.19. The number of amides is 1. The van der Waals surface area contributed by atoms with Crippen molar-refractivity contribution < 1.29 is 9.18 Å². The van der Waals surface area contributed by atoms with Crippen LogP contribution >= 0.6 is 15.9 Å². The quantitative estimate of drug-likeness (QED) is 0.465. The van der Waals surface area contributed by atoms with Gasteiger partial charge in [-0.2, -0.15) is 10.2 Å². The van der Waals surface area contributed by atoms with Crippen molar-refractivity contribution in [2.24, 2.45) is 0 Å². The number of rotatable bonds is 6. The molecule has 30 heavy (non-hydrogen) atoms. The molecule has 154 valence electrons. The van der Waals surface area contributed by atoms with Gasteiger partial charge in [-0.3, -0.25) is 14.8 Å². The van der Waals surface area contributed by atoms with E-state index in [1.54, 1.807) is 33.8 Å². The largest absolute Gasteiger partial charge is 0.288 e. The minimum atomic E-state index is -0.424. The molecule has 0 aliphatic heterocycles. The number of anilines is 1. The molecule has 0 saturated carbocycles. The number of hydrogen-bond donors (Lipinski definition) is 1. The molecule has 0 spiro atoms. The summed E-state index contributed by atoms with van der Waals surface area (Å²) in [6, 6.07) is 7.83. The summed E-state index contributed by atoms with van der Waals surface area (Å²) in [6.45, 7) is 4.59. The van der Waals surface area contributed by atoms with Gasteiger partial charge in [0.1, 0.15) is 18.8 Å². The molecule has 1 N–H and O–H groups in total. The minimum absolute atomic E-state index is 0.147. The maximum atomic E-state index is 13.3. The Labute approximate surface area is 179 Å². The first kappa shape index (κ1) is 20.0. The van der Waals surface area contributed by atoms with Crippen LogP contribution in [0.15, 0.2) is 47.3 Å². The summed E-state index contributed by atoms with van der Waals surface area (Å²) in [4.78, 5) is 16.5. The third-order valence-corrected chi connectivity index (χ3v) is 5.59. The highest BCUT2D eigenvalue weighted by Gasteiger charge is 2.14. The third kappa shape index (κ3) is 4.30. The number of carbonyl (C=O) groups is 1. The molecule has 11 heteroatoms. The van der Waals surface area contributed by atoms with E-state index in [4.69, 9.17) is 0 Å². The monoisotopic (exact) mass is 472 g/mol. The summed E-state index contributed by atoms with van der Waals surface area (Å²) >= 11 is 3.49. The number of carbonyl (C=O) groups excluding carboxylic acids is 1. The lowest BCUT2D eigenvalue weighted by Gasteiger charge is -2.04. The van der Waals surface area contributed by atoms with Crippen LogP contribution in [0.25, 0.3) is 0 Å². The maximum Gasteiger partial charge on any atom is 0.278 e. The van der Waals surface area contributed by atoms with Crippen molar-refractivity contribution in [2.75, 3.05) is 5.32 Å². The summed E-state index contributed by atoms with van der Waals surface area (Å²) in [7, 11) is 0. The summed E-state index contributed by atoms with van der Waals surface area (Å²) in [5, 5.41) is 15.5. The molecule has 0 bridgehead atoms. The smallest absolute Gasteiger partial charge is 0.278 e. The Morgan fingerprint density at radius 1 is 1.17 bits per heavy atom. The van der Waals surface area contributed by atoms with Gasteiger partial charge in [0.25, 0.3) is 5.91 Å². The van der Waals surface area contributed by atoms with Crippen LogP contribution in [0.3, 0.4) is 0 Å².